The van der Waals surface area contributed by atoms with Gasteiger partial charge in [0, 0.05) is 13.1 Å². The number of likely N-dealkylation sites (N-methyl/N-ethyl adjacent to an activating group) is 1. The van der Waals surface area contributed by atoms with Gasteiger partial charge in [-0.1, -0.05) is 0 Å². The van der Waals surface area contributed by atoms with Crippen molar-refractivity contribution in [3.8, 4) is 0 Å². The lowest BCUT2D eigenvalue weighted by atomic mass is 10.3. The Morgan fingerprint density at radius 1 is 1.65 bits per heavy atom. The molecule has 0 saturated heterocycles. The van der Waals surface area contributed by atoms with Crippen LogP contribution in [0.5, 0.6) is 0 Å². The van der Waals surface area contributed by atoms with E-state index in [1.807, 2.05) is 0 Å². The van der Waals surface area contributed by atoms with E-state index < -0.39 is 10.9 Å². The molecule has 8 nitrogen and oxygen atoms in total. The molecular weight excluding hydrogens is 228 g/mol. The fourth-order valence-electron chi connectivity index (χ4n) is 1.16. The summed E-state index contributed by atoms with van der Waals surface area (Å²) in [6.45, 7) is -0.0131. The molecule has 0 bridgehead atoms. The Morgan fingerprint density at radius 3 is 2.76 bits per heavy atom. The van der Waals surface area contributed by atoms with Crippen molar-refractivity contribution in [2.24, 2.45) is 0 Å². The number of aromatic nitrogens is 1. The largest absolute Gasteiger partial charge is 0.468 e. The molecule has 8 heteroatoms. The zero-order chi connectivity index (χ0) is 13.0. The zero-order valence-corrected chi connectivity index (χ0v) is 9.41. The summed E-state index contributed by atoms with van der Waals surface area (Å²) in [5.41, 5.74) is 5.16. The van der Waals surface area contributed by atoms with Crippen molar-refractivity contribution in [2.75, 3.05) is 31.3 Å². The SMILES string of the molecule is COC(=O)CN(C)c1ccc([N+](=O)[O-])c(N)n1. The lowest BCUT2D eigenvalue weighted by Crippen LogP contribution is -2.27. The van der Waals surface area contributed by atoms with Gasteiger partial charge in [-0.2, -0.15) is 0 Å². The van der Waals surface area contributed by atoms with Crippen molar-refractivity contribution >= 4 is 23.3 Å². The number of hydrogen-bond acceptors (Lipinski definition) is 7. The molecule has 0 aliphatic carbocycles. The van der Waals surface area contributed by atoms with Crippen molar-refractivity contribution in [3.05, 3.63) is 22.2 Å². The molecule has 92 valence electrons. The molecule has 1 heterocycles. The highest BCUT2D eigenvalue weighted by Gasteiger charge is 2.15. The van der Waals surface area contributed by atoms with Crippen LogP contribution in [-0.2, 0) is 9.53 Å². The summed E-state index contributed by atoms with van der Waals surface area (Å²) in [7, 11) is 2.87. The first-order chi connectivity index (χ1) is 7.95. The molecule has 1 rings (SSSR count). The van der Waals surface area contributed by atoms with Crippen LogP contribution in [0, 0.1) is 10.1 Å². The molecule has 0 amide bonds. The predicted molar refractivity (Wildman–Crippen MR) is 60.6 cm³/mol. The number of nitrogen functional groups attached to an aromatic ring is 1. The molecule has 0 aliphatic heterocycles. The van der Waals surface area contributed by atoms with Gasteiger partial charge in [0.05, 0.1) is 12.0 Å². The highest BCUT2D eigenvalue weighted by Crippen LogP contribution is 2.22. The van der Waals surface area contributed by atoms with Crippen LogP contribution in [0.2, 0.25) is 0 Å². The van der Waals surface area contributed by atoms with E-state index in [0.29, 0.717) is 5.82 Å². The highest BCUT2D eigenvalue weighted by atomic mass is 16.6. The van der Waals surface area contributed by atoms with Gasteiger partial charge in [0.25, 0.3) is 0 Å². The number of carbonyl (C=O) groups excluding carboxylic acids is 1. The van der Waals surface area contributed by atoms with Crippen molar-refractivity contribution < 1.29 is 14.5 Å². The summed E-state index contributed by atoms with van der Waals surface area (Å²) in [4.78, 5) is 26.2. The molecule has 2 N–H and O–H groups in total. The van der Waals surface area contributed by atoms with Gasteiger partial charge in [-0.05, 0) is 6.07 Å². The van der Waals surface area contributed by atoms with E-state index in [9.17, 15) is 14.9 Å². The topological polar surface area (TPSA) is 112 Å². The number of pyridine rings is 1. The minimum absolute atomic E-state index is 0.0131. The van der Waals surface area contributed by atoms with E-state index >= 15 is 0 Å². The number of ether oxygens (including phenoxy) is 1. The van der Waals surface area contributed by atoms with Crippen LogP contribution in [0.4, 0.5) is 17.3 Å². The van der Waals surface area contributed by atoms with Crippen LogP contribution in [-0.4, -0.2) is 36.6 Å². The lowest BCUT2D eigenvalue weighted by molar-refractivity contribution is -0.384. The molecule has 0 unspecified atom stereocenters. The Kier molecular flexibility index (Phi) is 3.81. The molecule has 17 heavy (non-hydrogen) atoms. The number of hydrogen-bond donors (Lipinski definition) is 1. The first-order valence-electron chi connectivity index (χ1n) is 4.64. The minimum atomic E-state index is -0.619. The lowest BCUT2D eigenvalue weighted by Gasteiger charge is -2.16. The van der Waals surface area contributed by atoms with Crippen molar-refractivity contribution in [1.82, 2.24) is 4.98 Å². The Labute approximate surface area is 97.1 Å². The standard InChI is InChI=1S/C9H12N4O4/c1-12(5-8(14)17-2)7-4-3-6(13(15)16)9(10)11-7/h3-4H,5H2,1-2H3,(H2,10,11). The molecule has 0 saturated carbocycles. The monoisotopic (exact) mass is 240 g/mol. The van der Waals surface area contributed by atoms with Gasteiger partial charge in [-0.15, -0.1) is 0 Å². The third-order valence-electron chi connectivity index (χ3n) is 2.07. The van der Waals surface area contributed by atoms with Crippen LogP contribution in [0.15, 0.2) is 12.1 Å². The Bertz CT molecular complexity index is 449. The van der Waals surface area contributed by atoms with E-state index in [1.165, 1.54) is 24.1 Å². The molecule has 1 aromatic heterocycles. The number of anilines is 2. The van der Waals surface area contributed by atoms with Gasteiger partial charge in [0.15, 0.2) is 0 Å². The number of rotatable bonds is 4. The maximum atomic E-state index is 11.0. The average molecular weight is 240 g/mol. The second-order valence-electron chi connectivity index (χ2n) is 3.26. The van der Waals surface area contributed by atoms with Crippen LogP contribution < -0.4 is 10.6 Å². The van der Waals surface area contributed by atoms with E-state index in [0.717, 1.165) is 0 Å². The summed E-state index contributed by atoms with van der Waals surface area (Å²) in [6, 6.07) is 2.66. The van der Waals surface area contributed by atoms with Crippen molar-refractivity contribution in [3.63, 3.8) is 0 Å². The average Bonchev–Trinajstić information content (AvgIpc) is 2.28. The number of carbonyl (C=O) groups is 1. The van der Waals surface area contributed by atoms with Crippen molar-refractivity contribution in [2.45, 2.75) is 0 Å². The summed E-state index contributed by atoms with van der Waals surface area (Å²) < 4.78 is 4.49. The molecule has 0 aliphatic rings. The van der Waals surface area contributed by atoms with E-state index in [4.69, 9.17) is 5.73 Å². The maximum Gasteiger partial charge on any atom is 0.325 e. The van der Waals surface area contributed by atoms with E-state index in [-0.39, 0.29) is 18.1 Å². The van der Waals surface area contributed by atoms with Crippen LogP contribution >= 0.6 is 0 Å². The summed E-state index contributed by atoms with van der Waals surface area (Å²) in [5.74, 6) is -0.269. The van der Waals surface area contributed by atoms with Crippen LogP contribution in [0.3, 0.4) is 0 Å². The summed E-state index contributed by atoms with van der Waals surface area (Å²) in [6.07, 6.45) is 0. The third-order valence-corrected chi connectivity index (χ3v) is 2.07. The van der Waals surface area contributed by atoms with Gasteiger partial charge < -0.3 is 15.4 Å². The number of nitrogens with two attached hydrogens (primary N) is 1. The molecule has 0 aromatic carbocycles. The highest BCUT2D eigenvalue weighted by molar-refractivity contribution is 5.75. The number of methoxy groups -OCH3 is 1. The van der Waals surface area contributed by atoms with Crippen molar-refractivity contribution in [1.29, 1.82) is 0 Å². The smallest absolute Gasteiger partial charge is 0.325 e. The zero-order valence-electron chi connectivity index (χ0n) is 9.41. The Balaban J connectivity index is 2.89. The van der Waals surface area contributed by atoms with E-state index in [2.05, 4.69) is 9.72 Å². The predicted octanol–water partition coefficient (Wildman–Crippen LogP) is 0.181. The van der Waals surface area contributed by atoms with Crippen LogP contribution in [0.1, 0.15) is 0 Å². The van der Waals surface area contributed by atoms with Gasteiger partial charge in [0.1, 0.15) is 12.4 Å². The summed E-state index contributed by atoms with van der Waals surface area (Å²) >= 11 is 0. The first kappa shape index (κ1) is 12.7. The molecule has 0 atom stereocenters. The number of nitrogens with zero attached hydrogens (tertiary/aromatic N) is 3. The molecule has 0 radical (unpaired) electrons. The normalized spacial score (nSPS) is 9.76. The second kappa shape index (κ2) is 5.10. The molecule has 0 fully saturated rings. The molecular formula is C9H12N4O4. The Hall–Kier alpha value is -2.38. The van der Waals surface area contributed by atoms with Crippen LogP contribution in [0.25, 0.3) is 0 Å². The third kappa shape index (κ3) is 3.03. The van der Waals surface area contributed by atoms with Gasteiger partial charge in [0.2, 0.25) is 5.82 Å². The number of esters is 1. The number of nitro groups is 1. The van der Waals surface area contributed by atoms with Gasteiger partial charge >= 0.3 is 11.7 Å². The molecule has 0 spiro atoms. The second-order valence-corrected chi connectivity index (χ2v) is 3.26. The first-order valence-corrected chi connectivity index (χ1v) is 4.64. The maximum absolute atomic E-state index is 11.0. The fraction of sp³-hybridized carbons (Fsp3) is 0.333. The quantitative estimate of drug-likeness (QED) is 0.454. The Morgan fingerprint density at radius 2 is 2.29 bits per heavy atom. The fourth-order valence-corrected chi connectivity index (χ4v) is 1.16. The summed E-state index contributed by atoms with van der Waals surface area (Å²) in [5, 5.41) is 10.5. The van der Waals surface area contributed by atoms with E-state index in [1.54, 1.807) is 7.05 Å². The van der Waals surface area contributed by atoms with Gasteiger partial charge in [-0.25, -0.2) is 4.98 Å². The minimum Gasteiger partial charge on any atom is -0.468 e. The molecule has 1 aromatic rings. The van der Waals surface area contributed by atoms with Gasteiger partial charge in [-0.3, -0.25) is 14.9 Å².